The number of hydrogen-bond donors (Lipinski definition) is 2. The number of hydrogen-bond acceptors (Lipinski definition) is 7. The summed E-state index contributed by atoms with van der Waals surface area (Å²) in [6.07, 6.45) is 5.79. The Kier molecular flexibility index (Phi) is 8.38. The third-order valence-electron chi connectivity index (χ3n) is 6.30. The Bertz CT molecular complexity index is 636. The van der Waals surface area contributed by atoms with Crippen molar-refractivity contribution >= 4 is 36.1 Å². The van der Waals surface area contributed by atoms with E-state index in [1.807, 2.05) is 11.8 Å². The van der Waals surface area contributed by atoms with Gasteiger partial charge in [0, 0.05) is 6.54 Å². The van der Waals surface area contributed by atoms with Crippen LogP contribution < -0.4 is 5.32 Å². The third kappa shape index (κ3) is 5.87. The fourth-order valence-electron chi connectivity index (χ4n) is 4.71. The van der Waals surface area contributed by atoms with Gasteiger partial charge in [-0.15, -0.1) is 0 Å². The molecule has 30 heavy (non-hydrogen) atoms. The number of amides is 4. The summed E-state index contributed by atoms with van der Waals surface area (Å²) in [5, 5.41) is 12.5. The molecule has 2 saturated heterocycles. The number of carbonyl (C=O) groups excluding carboxylic acids is 4. The first-order valence-corrected chi connectivity index (χ1v) is 12.0. The SMILES string of the molecule is O=CN(O)CC(C(=O)N1CCC[C@H]1C(=O)NC(=O)OC1CCSCC1)C1CCCC1. The van der Waals surface area contributed by atoms with E-state index in [1.165, 1.54) is 4.90 Å². The normalized spacial score (nSPS) is 23.8. The molecular formula is C20H31N3O6S. The summed E-state index contributed by atoms with van der Waals surface area (Å²) >= 11 is 1.82. The largest absolute Gasteiger partial charge is 0.446 e. The second kappa shape index (κ2) is 11.0. The quantitative estimate of drug-likeness (QED) is 0.351. The van der Waals surface area contributed by atoms with Gasteiger partial charge in [-0.3, -0.25) is 24.9 Å². The number of rotatable bonds is 7. The monoisotopic (exact) mass is 441 g/mol. The van der Waals surface area contributed by atoms with Crippen molar-refractivity contribution in [2.75, 3.05) is 24.6 Å². The first-order chi connectivity index (χ1) is 14.5. The van der Waals surface area contributed by atoms with Crippen molar-refractivity contribution in [3.05, 3.63) is 0 Å². The van der Waals surface area contributed by atoms with Crippen molar-refractivity contribution in [1.29, 1.82) is 0 Å². The predicted octanol–water partition coefficient (Wildman–Crippen LogP) is 1.78. The van der Waals surface area contributed by atoms with Crippen LogP contribution in [0.2, 0.25) is 0 Å². The molecule has 1 saturated carbocycles. The highest BCUT2D eigenvalue weighted by molar-refractivity contribution is 7.99. The van der Waals surface area contributed by atoms with Crippen LogP contribution in [-0.4, -0.2) is 76.2 Å². The lowest BCUT2D eigenvalue weighted by molar-refractivity contribution is -0.159. The van der Waals surface area contributed by atoms with Gasteiger partial charge in [-0.2, -0.15) is 11.8 Å². The molecule has 1 aliphatic carbocycles. The number of ether oxygens (including phenoxy) is 1. The van der Waals surface area contributed by atoms with Crippen LogP contribution in [0.4, 0.5) is 4.79 Å². The molecule has 0 aromatic rings. The number of nitrogens with zero attached hydrogens (tertiary/aromatic N) is 2. The number of hydroxylamine groups is 2. The van der Waals surface area contributed by atoms with Crippen molar-refractivity contribution in [3.8, 4) is 0 Å². The van der Waals surface area contributed by atoms with Crippen LogP contribution in [0.3, 0.4) is 0 Å². The average molecular weight is 442 g/mol. The first kappa shape index (κ1) is 22.9. The highest BCUT2D eigenvalue weighted by Gasteiger charge is 2.41. The number of nitrogens with one attached hydrogen (secondary N) is 1. The van der Waals surface area contributed by atoms with Gasteiger partial charge >= 0.3 is 6.09 Å². The zero-order chi connectivity index (χ0) is 21.5. The zero-order valence-corrected chi connectivity index (χ0v) is 18.0. The lowest BCUT2D eigenvalue weighted by Gasteiger charge is -2.31. The molecule has 0 spiro atoms. The van der Waals surface area contributed by atoms with Crippen molar-refractivity contribution in [2.24, 2.45) is 11.8 Å². The molecule has 2 N–H and O–H groups in total. The number of alkyl carbamates (subject to hydrolysis) is 1. The van der Waals surface area contributed by atoms with E-state index in [-0.39, 0.29) is 24.5 Å². The van der Waals surface area contributed by atoms with Crippen molar-refractivity contribution in [1.82, 2.24) is 15.3 Å². The lowest BCUT2D eigenvalue weighted by atomic mass is 9.89. The van der Waals surface area contributed by atoms with E-state index in [0.29, 0.717) is 30.9 Å². The molecule has 0 aromatic carbocycles. The second-order valence-corrected chi connectivity index (χ2v) is 9.50. The smallest absolute Gasteiger partial charge is 0.414 e. The molecule has 0 radical (unpaired) electrons. The van der Waals surface area contributed by atoms with Crippen LogP contribution in [-0.2, 0) is 19.1 Å². The number of thioether (sulfide) groups is 1. The highest BCUT2D eigenvalue weighted by Crippen LogP contribution is 2.34. The molecule has 0 bridgehead atoms. The molecule has 168 valence electrons. The topological polar surface area (TPSA) is 116 Å². The van der Waals surface area contributed by atoms with E-state index in [2.05, 4.69) is 5.32 Å². The Morgan fingerprint density at radius 2 is 1.83 bits per heavy atom. The van der Waals surface area contributed by atoms with Gasteiger partial charge in [0.15, 0.2) is 0 Å². The highest BCUT2D eigenvalue weighted by atomic mass is 32.2. The van der Waals surface area contributed by atoms with E-state index in [0.717, 1.165) is 50.0 Å². The molecule has 10 heteroatoms. The molecule has 3 rings (SSSR count). The summed E-state index contributed by atoms with van der Waals surface area (Å²) in [7, 11) is 0. The van der Waals surface area contributed by atoms with E-state index in [4.69, 9.17) is 4.74 Å². The van der Waals surface area contributed by atoms with Gasteiger partial charge in [0.2, 0.25) is 12.3 Å². The Morgan fingerprint density at radius 1 is 1.13 bits per heavy atom. The van der Waals surface area contributed by atoms with Gasteiger partial charge in [-0.05, 0) is 55.9 Å². The number of imide groups is 1. The fourth-order valence-corrected chi connectivity index (χ4v) is 5.77. The van der Waals surface area contributed by atoms with Crippen molar-refractivity contribution < 1.29 is 29.1 Å². The summed E-state index contributed by atoms with van der Waals surface area (Å²) < 4.78 is 5.35. The molecule has 3 aliphatic rings. The minimum absolute atomic E-state index is 0.0746. The van der Waals surface area contributed by atoms with E-state index < -0.39 is 24.0 Å². The summed E-state index contributed by atoms with van der Waals surface area (Å²) in [4.78, 5) is 50.5. The van der Waals surface area contributed by atoms with Crippen molar-refractivity contribution in [3.63, 3.8) is 0 Å². The summed E-state index contributed by atoms with van der Waals surface area (Å²) in [6, 6.07) is -0.737. The Morgan fingerprint density at radius 3 is 2.50 bits per heavy atom. The zero-order valence-electron chi connectivity index (χ0n) is 17.2. The van der Waals surface area contributed by atoms with Crippen LogP contribution in [0.25, 0.3) is 0 Å². The molecule has 2 aliphatic heterocycles. The predicted molar refractivity (Wildman–Crippen MR) is 110 cm³/mol. The van der Waals surface area contributed by atoms with Crippen LogP contribution in [0, 0.1) is 11.8 Å². The average Bonchev–Trinajstić information content (AvgIpc) is 3.44. The van der Waals surface area contributed by atoms with Crippen LogP contribution in [0.5, 0.6) is 0 Å². The van der Waals surface area contributed by atoms with Gasteiger partial charge < -0.3 is 9.64 Å². The standard InChI is InChI=1S/C20H31N3O6S/c24-13-22(28)12-16(14-4-1-2-5-14)19(26)23-9-3-6-17(23)18(25)21-20(27)29-15-7-10-30-11-8-15/h13-17,28H,1-12H2,(H,21,25,27)/t16?,17-/m0/s1. The van der Waals surface area contributed by atoms with Gasteiger partial charge in [-0.1, -0.05) is 12.8 Å². The molecule has 0 aromatic heterocycles. The minimum Gasteiger partial charge on any atom is -0.446 e. The maximum atomic E-state index is 13.3. The summed E-state index contributed by atoms with van der Waals surface area (Å²) in [5.41, 5.74) is 0. The second-order valence-electron chi connectivity index (χ2n) is 8.27. The van der Waals surface area contributed by atoms with Crippen molar-refractivity contribution in [2.45, 2.75) is 63.5 Å². The van der Waals surface area contributed by atoms with Crippen LogP contribution >= 0.6 is 11.8 Å². The van der Waals surface area contributed by atoms with Gasteiger partial charge in [0.1, 0.15) is 12.1 Å². The van der Waals surface area contributed by atoms with E-state index in [1.54, 1.807) is 0 Å². The lowest BCUT2D eigenvalue weighted by Crippen LogP contribution is -2.51. The van der Waals surface area contributed by atoms with E-state index >= 15 is 0 Å². The van der Waals surface area contributed by atoms with Gasteiger partial charge in [-0.25, -0.2) is 9.86 Å². The molecular weight excluding hydrogens is 410 g/mol. The van der Waals surface area contributed by atoms with Gasteiger partial charge in [0.25, 0.3) is 5.91 Å². The first-order valence-electron chi connectivity index (χ1n) is 10.8. The number of carbonyl (C=O) groups is 4. The molecule has 9 nitrogen and oxygen atoms in total. The van der Waals surface area contributed by atoms with Crippen LogP contribution in [0.1, 0.15) is 51.4 Å². The molecule has 1 unspecified atom stereocenters. The molecule has 3 fully saturated rings. The molecule has 4 amide bonds. The maximum Gasteiger partial charge on any atom is 0.414 e. The Labute approximate surface area is 180 Å². The minimum atomic E-state index is -0.758. The number of likely N-dealkylation sites (tertiary alicyclic amines) is 1. The Balaban J connectivity index is 1.60. The van der Waals surface area contributed by atoms with Gasteiger partial charge in [0.05, 0.1) is 12.5 Å². The molecule has 2 heterocycles. The molecule has 2 atom stereocenters. The van der Waals surface area contributed by atoms with E-state index in [9.17, 15) is 24.4 Å². The fraction of sp³-hybridized carbons (Fsp3) is 0.800. The summed E-state index contributed by atoms with van der Waals surface area (Å²) in [6.45, 7) is 0.334. The Hall–Kier alpha value is -1.81. The third-order valence-corrected chi connectivity index (χ3v) is 7.35. The van der Waals surface area contributed by atoms with Crippen LogP contribution in [0.15, 0.2) is 0 Å². The maximum absolute atomic E-state index is 13.3. The summed E-state index contributed by atoms with van der Waals surface area (Å²) in [5.74, 6) is 0.619.